The number of hydrogen-bond donors (Lipinski definition) is 1. The Morgan fingerprint density at radius 2 is 2.00 bits per heavy atom. The zero-order chi connectivity index (χ0) is 15.5. The molecule has 5 nitrogen and oxygen atoms in total. The molecule has 0 spiro atoms. The van der Waals surface area contributed by atoms with Crippen molar-refractivity contribution in [2.45, 2.75) is 13.5 Å². The number of halogens is 2. The van der Waals surface area contributed by atoms with Crippen LogP contribution < -0.4 is 4.74 Å². The van der Waals surface area contributed by atoms with E-state index in [1.54, 1.807) is 6.07 Å². The minimum atomic E-state index is 0.445. The monoisotopic (exact) mass is 378 g/mol. The third-order valence-corrected chi connectivity index (χ3v) is 3.98. The first kappa shape index (κ1) is 15.0. The highest BCUT2D eigenvalue weighted by Gasteiger charge is 2.13. The Labute approximate surface area is 140 Å². The molecule has 0 aliphatic rings. The van der Waals surface area contributed by atoms with Crippen LogP contribution in [0.5, 0.6) is 5.75 Å². The molecule has 3 aromatic rings. The Kier molecular flexibility index (Phi) is 4.40. The highest BCUT2D eigenvalue weighted by Crippen LogP contribution is 2.37. The van der Waals surface area contributed by atoms with Crippen molar-refractivity contribution in [3.63, 3.8) is 0 Å². The first-order valence-corrected chi connectivity index (χ1v) is 7.72. The average molecular weight is 380 g/mol. The van der Waals surface area contributed by atoms with Gasteiger partial charge in [-0.15, -0.1) is 10.2 Å². The van der Waals surface area contributed by atoms with Gasteiger partial charge in [0.2, 0.25) is 5.82 Å². The summed E-state index contributed by atoms with van der Waals surface area (Å²) in [6, 6.07) is 11.8. The summed E-state index contributed by atoms with van der Waals surface area (Å²) in [6.07, 6.45) is 0. The molecule has 0 atom stereocenters. The van der Waals surface area contributed by atoms with Crippen LogP contribution in [-0.4, -0.2) is 20.6 Å². The number of aromatic nitrogens is 4. The number of ether oxygens (including phenoxy) is 1. The van der Waals surface area contributed by atoms with Gasteiger partial charge in [0.15, 0.2) is 5.75 Å². The van der Waals surface area contributed by atoms with Crippen molar-refractivity contribution in [2.75, 3.05) is 0 Å². The maximum absolute atomic E-state index is 6.30. The van der Waals surface area contributed by atoms with Gasteiger partial charge < -0.3 is 4.74 Å². The smallest absolute Gasteiger partial charge is 0.204 e. The van der Waals surface area contributed by atoms with Gasteiger partial charge in [0.05, 0.1) is 9.50 Å². The van der Waals surface area contributed by atoms with Crippen molar-refractivity contribution in [1.82, 2.24) is 20.6 Å². The molecule has 0 aliphatic heterocycles. The average Bonchev–Trinajstić information content (AvgIpc) is 3.02. The summed E-state index contributed by atoms with van der Waals surface area (Å²) in [6.45, 7) is 2.49. The number of nitrogens with one attached hydrogen (secondary N) is 1. The van der Waals surface area contributed by atoms with E-state index >= 15 is 0 Å². The lowest BCUT2D eigenvalue weighted by molar-refractivity contribution is 0.304. The number of tetrazole rings is 1. The second-order valence-corrected chi connectivity index (χ2v) is 6.04. The number of nitrogens with zero attached hydrogens (tertiary/aromatic N) is 3. The highest BCUT2D eigenvalue weighted by molar-refractivity contribution is 9.10. The van der Waals surface area contributed by atoms with Crippen LogP contribution in [0.1, 0.15) is 11.1 Å². The Balaban J connectivity index is 1.80. The topological polar surface area (TPSA) is 63.7 Å². The molecule has 0 saturated heterocycles. The molecular weight excluding hydrogens is 368 g/mol. The van der Waals surface area contributed by atoms with Gasteiger partial charge >= 0.3 is 0 Å². The molecule has 3 rings (SSSR count). The van der Waals surface area contributed by atoms with Crippen molar-refractivity contribution in [3.8, 4) is 17.1 Å². The molecule has 7 heteroatoms. The predicted molar refractivity (Wildman–Crippen MR) is 87.8 cm³/mol. The van der Waals surface area contributed by atoms with Crippen molar-refractivity contribution in [3.05, 3.63) is 57.0 Å². The van der Waals surface area contributed by atoms with E-state index in [-0.39, 0.29) is 0 Å². The van der Waals surface area contributed by atoms with Crippen molar-refractivity contribution >= 4 is 27.5 Å². The maximum Gasteiger partial charge on any atom is 0.204 e. The van der Waals surface area contributed by atoms with Gasteiger partial charge in [-0.2, -0.15) is 5.21 Å². The molecule has 0 saturated carbocycles. The standard InChI is InChI=1S/C15H12BrClN4O/c1-9-2-4-10(5-3-9)8-22-14-12(16)6-11(7-13(14)17)15-18-20-21-19-15/h2-7H,8H2,1H3,(H,18,19,20,21). The van der Waals surface area contributed by atoms with Crippen LogP contribution in [0.25, 0.3) is 11.4 Å². The molecule has 1 aromatic heterocycles. The first-order chi connectivity index (χ1) is 10.6. The molecule has 0 aliphatic carbocycles. The van der Waals surface area contributed by atoms with E-state index < -0.39 is 0 Å². The van der Waals surface area contributed by atoms with Crippen LogP contribution in [-0.2, 0) is 6.61 Å². The third-order valence-electron chi connectivity index (χ3n) is 3.11. The highest BCUT2D eigenvalue weighted by atomic mass is 79.9. The van der Waals surface area contributed by atoms with Gasteiger partial charge in [-0.05, 0) is 45.8 Å². The second kappa shape index (κ2) is 6.46. The minimum absolute atomic E-state index is 0.445. The lowest BCUT2D eigenvalue weighted by atomic mass is 10.2. The summed E-state index contributed by atoms with van der Waals surface area (Å²) in [5, 5.41) is 14.3. The van der Waals surface area contributed by atoms with Gasteiger partial charge in [-0.1, -0.05) is 41.4 Å². The summed E-state index contributed by atoms with van der Waals surface area (Å²) in [5.74, 6) is 1.07. The molecule has 0 unspecified atom stereocenters. The molecule has 112 valence electrons. The Morgan fingerprint density at radius 1 is 1.23 bits per heavy atom. The fraction of sp³-hybridized carbons (Fsp3) is 0.133. The van der Waals surface area contributed by atoms with E-state index in [2.05, 4.69) is 55.6 Å². The van der Waals surface area contributed by atoms with Crippen LogP contribution in [0.15, 0.2) is 40.9 Å². The molecule has 22 heavy (non-hydrogen) atoms. The number of benzene rings is 2. The molecule has 0 bridgehead atoms. The van der Waals surface area contributed by atoms with Gasteiger partial charge in [0.1, 0.15) is 6.61 Å². The zero-order valence-corrected chi connectivity index (χ0v) is 14.0. The normalized spacial score (nSPS) is 10.7. The van der Waals surface area contributed by atoms with Gasteiger partial charge in [0, 0.05) is 5.56 Å². The molecule has 0 amide bonds. The molecule has 0 fully saturated rings. The summed E-state index contributed by atoms with van der Waals surface area (Å²) in [7, 11) is 0. The van der Waals surface area contributed by atoms with E-state index in [0.717, 1.165) is 15.6 Å². The minimum Gasteiger partial charge on any atom is -0.486 e. The molecule has 2 aromatic carbocycles. The number of H-pyrrole nitrogens is 1. The number of aromatic amines is 1. The van der Waals surface area contributed by atoms with Crippen LogP contribution >= 0.6 is 27.5 Å². The van der Waals surface area contributed by atoms with Crippen LogP contribution in [0.3, 0.4) is 0 Å². The van der Waals surface area contributed by atoms with E-state index in [4.69, 9.17) is 16.3 Å². The lowest BCUT2D eigenvalue weighted by Crippen LogP contribution is -1.97. The summed E-state index contributed by atoms with van der Waals surface area (Å²) < 4.78 is 6.57. The Morgan fingerprint density at radius 3 is 2.64 bits per heavy atom. The molecular formula is C15H12BrClN4O. The zero-order valence-electron chi connectivity index (χ0n) is 11.7. The maximum atomic E-state index is 6.30. The Bertz CT molecular complexity index is 752. The molecule has 0 radical (unpaired) electrons. The summed E-state index contributed by atoms with van der Waals surface area (Å²) in [5.41, 5.74) is 3.05. The van der Waals surface area contributed by atoms with Crippen LogP contribution in [0, 0.1) is 6.92 Å². The summed E-state index contributed by atoms with van der Waals surface area (Å²) in [4.78, 5) is 0. The quantitative estimate of drug-likeness (QED) is 0.739. The van der Waals surface area contributed by atoms with Crippen molar-refractivity contribution in [2.24, 2.45) is 0 Å². The predicted octanol–water partition coefficient (Wildman–Crippen LogP) is 4.17. The Hall–Kier alpha value is -1.92. The van der Waals surface area contributed by atoms with Crippen LogP contribution in [0.2, 0.25) is 5.02 Å². The SMILES string of the molecule is Cc1ccc(COc2c(Cl)cc(-c3nn[nH]n3)cc2Br)cc1. The molecule has 1 heterocycles. The fourth-order valence-electron chi connectivity index (χ4n) is 1.95. The van der Waals surface area contributed by atoms with Crippen LogP contribution in [0.4, 0.5) is 0 Å². The first-order valence-electron chi connectivity index (χ1n) is 6.54. The van der Waals surface area contributed by atoms with E-state index in [1.165, 1.54) is 5.56 Å². The fourth-order valence-corrected chi connectivity index (χ4v) is 2.91. The van der Waals surface area contributed by atoms with Gasteiger partial charge in [-0.25, -0.2) is 0 Å². The number of aryl methyl sites for hydroxylation is 1. The summed E-state index contributed by atoms with van der Waals surface area (Å²) >= 11 is 9.77. The second-order valence-electron chi connectivity index (χ2n) is 4.78. The lowest BCUT2D eigenvalue weighted by Gasteiger charge is -2.11. The van der Waals surface area contributed by atoms with E-state index in [9.17, 15) is 0 Å². The number of hydrogen-bond acceptors (Lipinski definition) is 4. The van der Waals surface area contributed by atoms with Crippen molar-refractivity contribution < 1.29 is 4.74 Å². The van der Waals surface area contributed by atoms with Crippen molar-refractivity contribution in [1.29, 1.82) is 0 Å². The largest absolute Gasteiger partial charge is 0.486 e. The van der Waals surface area contributed by atoms with Gasteiger partial charge in [-0.3, -0.25) is 0 Å². The molecule has 1 N–H and O–H groups in total. The third kappa shape index (κ3) is 3.28. The van der Waals surface area contributed by atoms with Gasteiger partial charge in [0.25, 0.3) is 0 Å². The van der Waals surface area contributed by atoms with E-state index in [1.807, 2.05) is 18.2 Å². The van der Waals surface area contributed by atoms with E-state index in [0.29, 0.717) is 23.2 Å². The number of rotatable bonds is 4.